The van der Waals surface area contributed by atoms with Crippen LogP contribution in [0.25, 0.3) is 0 Å². The van der Waals surface area contributed by atoms with E-state index in [1.54, 1.807) is 0 Å². The highest BCUT2D eigenvalue weighted by molar-refractivity contribution is 6.19. The fourth-order valence-corrected chi connectivity index (χ4v) is 0.624. The maximum Gasteiger partial charge on any atom is 0.455 e. The van der Waals surface area contributed by atoms with Crippen molar-refractivity contribution in [3.63, 3.8) is 0 Å². The first-order valence-electron chi connectivity index (χ1n) is 3.86. The Morgan fingerprint density at radius 3 is 2.20 bits per heavy atom. The minimum absolute atomic E-state index is 0.0334. The Morgan fingerprint density at radius 2 is 1.87 bits per heavy atom. The molecule has 86 valence electrons. The Kier molecular flexibility index (Phi) is 4.83. The van der Waals surface area contributed by atoms with E-state index in [9.17, 15) is 22.8 Å². The number of carbonyl (C=O) groups excluding carboxylic acids is 2. The van der Waals surface area contributed by atoms with Crippen molar-refractivity contribution in [2.45, 2.75) is 13.1 Å². The number of methoxy groups -OCH3 is 1. The van der Waals surface area contributed by atoms with Gasteiger partial charge >= 0.3 is 12.1 Å². The molecule has 0 N–H and O–H groups in total. The molecule has 0 unspecified atom stereocenters. The first-order chi connectivity index (χ1) is 6.84. The molecule has 0 saturated carbocycles. The van der Waals surface area contributed by atoms with Gasteiger partial charge in [-0.2, -0.15) is 13.2 Å². The summed E-state index contributed by atoms with van der Waals surface area (Å²) < 4.78 is 44.4. The lowest BCUT2D eigenvalue weighted by Gasteiger charge is -2.07. The Labute approximate surface area is 83.7 Å². The summed E-state index contributed by atoms with van der Waals surface area (Å²) in [5.74, 6) is -3.67. The van der Waals surface area contributed by atoms with Crippen molar-refractivity contribution in [2.75, 3.05) is 13.7 Å². The molecule has 0 aliphatic rings. The largest absolute Gasteiger partial charge is 0.500 e. The normalized spacial score (nSPS) is 12.2. The molecule has 0 radical (unpaired) electrons. The molecule has 0 fully saturated rings. The number of hydrogen-bond acceptors (Lipinski definition) is 4. The smallest absolute Gasteiger partial charge is 0.455 e. The number of carbonyl (C=O) groups is 2. The zero-order chi connectivity index (χ0) is 12.1. The van der Waals surface area contributed by atoms with Crippen LogP contribution < -0.4 is 0 Å². The Hall–Kier alpha value is -1.53. The lowest BCUT2D eigenvalue weighted by Crippen LogP contribution is -2.29. The van der Waals surface area contributed by atoms with E-state index in [0.29, 0.717) is 6.26 Å². The van der Waals surface area contributed by atoms with E-state index < -0.39 is 23.5 Å². The van der Waals surface area contributed by atoms with Gasteiger partial charge in [0.1, 0.15) is 11.8 Å². The van der Waals surface area contributed by atoms with Gasteiger partial charge in [0.2, 0.25) is 0 Å². The summed E-state index contributed by atoms with van der Waals surface area (Å²) in [7, 11) is 0.867. The summed E-state index contributed by atoms with van der Waals surface area (Å²) in [5.41, 5.74) is -1.17. The highest BCUT2D eigenvalue weighted by Gasteiger charge is 2.43. The van der Waals surface area contributed by atoms with E-state index >= 15 is 0 Å². The molecular weight excluding hydrogens is 217 g/mol. The third-order valence-electron chi connectivity index (χ3n) is 1.28. The molecule has 0 aromatic rings. The van der Waals surface area contributed by atoms with Crippen LogP contribution in [-0.2, 0) is 19.1 Å². The second-order valence-corrected chi connectivity index (χ2v) is 2.31. The number of rotatable bonds is 4. The third-order valence-corrected chi connectivity index (χ3v) is 1.28. The van der Waals surface area contributed by atoms with Gasteiger partial charge in [-0.25, -0.2) is 4.79 Å². The van der Waals surface area contributed by atoms with Crippen LogP contribution in [-0.4, -0.2) is 31.6 Å². The second-order valence-electron chi connectivity index (χ2n) is 2.31. The molecule has 0 bridgehead atoms. The minimum Gasteiger partial charge on any atom is -0.500 e. The van der Waals surface area contributed by atoms with E-state index in [2.05, 4.69) is 9.47 Å². The Balaban J connectivity index is 4.96. The molecule has 0 rings (SSSR count). The van der Waals surface area contributed by atoms with Crippen LogP contribution in [0, 0.1) is 0 Å². The molecule has 0 atom stereocenters. The standard InChI is InChI=1S/C8H9F3O4/c1-3-15-4-5(7(13)14-2)6(12)8(9,10)11/h4H,3H2,1-2H3/b5-4+. The molecule has 0 aromatic carbocycles. The molecule has 0 spiro atoms. The minimum atomic E-state index is -5.13. The molecule has 15 heavy (non-hydrogen) atoms. The van der Waals surface area contributed by atoms with Crippen LogP contribution in [0.5, 0.6) is 0 Å². The molecule has 0 amide bonds. The molecule has 0 saturated heterocycles. The molecule has 0 aliphatic heterocycles. The van der Waals surface area contributed by atoms with Crippen LogP contribution >= 0.6 is 0 Å². The van der Waals surface area contributed by atoms with Crippen LogP contribution in [0.1, 0.15) is 6.92 Å². The van der Waals surface area contributed by atoms with Crippen LogP contribution in [0.4, 0.5) is 13.2 Å². The molecular formula is C8H9F3O4. The highest BCUT2D eigenvalue weighted by atomic mass is 19.4. The van der Waals surface area contributed by atoms with E-state index in [-0.39, 0.29) is 6.61 Å². The average molecular weight is 226 g/mol. The summed E-state index contributed by atoms with van der Waals surface area (Å²) in [4.78, 5) is 21.5. The lowest BCUT2D eigenvalue weighted by atomic mass is 10.2. The highest BCUT2D eigenvalue weighted by Crippen LogP contribution is 2.21. The van der Waals surface area contributed by atoms with E-state index in [1.165, 1.54) is 6.92 Å². The Morgan fingerprint density at radius 1 is 1.33 bits per heavy atom. The number of ketones is 1. The second kappa shape index (κ2) is 5.38. The average Bonchev–Trinajstić information content (AvgIpc) is 2.16. The summed E-state index contributed by atoms with van der Waals surface area (Å²) in [6, 6.07) is 0. The number of hydrogen-bond donors (Lipinski definition) is 0. The molecule has 0 aliphatic carbocycles. The third kappa shape index (κ3) is 4.01. The number of ether oxygens (including phenoxy) is 2. The Bertz CT molecular complexity index is 280. The number of Topliss-reactive ketones (excluding diaryl/α,β-unsaturated/α-hetero) is 1. The van der Waals surface area contributed by atoms with Gasteiger partial charge < -0.3 is 9.47 Å². The van der Waals surface area contributed by atoms with E-state index in [0.717, 1.165) is 7.11 Å². The van der Waals surface area contributed by atoms with Crippen molar-refractivity contribution in [1.82, 2.24) is 0 Å². The summed E-state index contributed by atoms with van der Waals surface area (Å²) >= 11 is 0. The van der Waals surface area contributed by atoms with Gasteiger partial charge in [-0.15, -0.1) is 0 Å². The molecule has 0 aromatic heterocycles. The monoisotopic (exact) mass is 226 g/mol. The summed E-state index contributed by atoms with van der Waals surface area (Å²) in [6.45, 7) is 1.52. The van der Waals surface area contributed by atoms with E-state index in [4.69, 9.17) is 0 Å². The fraction of sp³-hybridized carbons (Fsp3) is 0.500. The zero-order valence-corrected chi connectivity index (χ0v) is 8.05. The maximum absolute atomic E-state index is 12.0. The van der Waals surface area contributed by atoms with Gasteiger partial charge in [-0.1, -0.05) is 0 Å². The van der Waals surface area contributed by atoms with Crippen LogP contribution in [0.15, 0.2) is 11.8 Å². The predicted octanol–water partition coefficient (Wildman–Crippen LogP) is 1.21. The summed E-state index contributed by atoms with van der Waals surface area (Å²) in [6.07, 6.45) is -4.68. The topological polar surface area (TPSA) is 52.6 Å². The zero-order valence-electron chi connectivity index (χ0n) is 8.05. The van der Waals surface area contributed by atoms with Crippen molar-refractivity contribution in [1.29, 1.82) is 0 Å². The van der Waals surface area contributed by atoms with Crippen molar-refractivity contribution in [3.8, 4) is 0 Å². The molecule has 7 heteroatoms. The maximum atomic E-state index is 12.0. The van der Waals surface area contributed by atoms with Crippen molar-refractivity contribution >= 4 is 11.8 Å². The quantitative estimate of drug-likeness (QED) is 0.238. The van der Waals surface area contributed by atoms with Gasteiger partial charge in [0.25, 0.3) is 5.78 Å². The number of esters is 1. The first-order valence-corrected chi connectivity index (χ1v) is 3.86. The lowest BCUT2D eigenvalue weighted by molar-refractivity contribution is -0.168. The molecule has 0 heterocycles. The number of alkyl halides is 3. The van der Waals surface area contributed by atoms with E-state index in [1.807, 2.05) is 0 Å². The first kappa shape index (κ1) is 13.5. The van der Waals surface area contributed by atoms with Crippen molar-refractivity contribution in [2.24, 2.45) is 0 Å². The molecule has 4 nitrogen and oxygen atoms in total. The van der Waals surface area contributed by atoms with Crippen LogP contribution in [0.2, 0.25) is 0 Å². The van der Waals surface area contributed by atoms with Crippen molar-refractivity contribution < 1.29 is 32.2 Å². The fourth-order valence-electron chi connectivity index (χ4n) is 0.624. The van der Waals surface area contributed by atoms with Gasteiger partial charge in [0, 0.05) is 0 Å². The number of halogens is 3. The van der Waals surface area contributed by atoms with Crippen molar-refractivity contribution in [3.05, 3.63) is 11.8 Å². The van der Waals surface area contributed by atoms with Gasteiger partial charge in [0.05, 0.1) is 13.7 Å². The predicted molar refractivity (Wildman–Crippen MR) is 42.8 cm³/mol. The SMILES string of the molecule is CCO/C=C(/C(=O)OC)C(=O)C(F)(F)F. The van der Waals surface area contributed by atoms with Gasteiger partial charge in [-0.3, -0.25) is 4.79 Å². The van der Waals surface area contributed by atoms with Gasteiger partial charge in [0.15, 0.2) is 0 Å². The van der Waals surface area contributed by atoms with Crippen LogP contribution in [0.3, 0.4) is 0 Å². The van der Waals surface area contributed by atoms with Gasteiger partial charge in [-0.05, 0) is 6.92 Å². The summed E-state index contributed by atoms with van der Waals surface area (Å²) in [5, 5.41) is 0.